The van der Waals surface area contributed by atoms with Crippen molar-refractivity contribution < 1.29 is 34.5 Å². The van der Waals surface area contributed by atoms with Crippen LogP contribution in [0.1, 0.15) is 49.9 Å². The monoisotopic (exact) mass is 316 g/mol. The molecule has 0 atom stereocenters. The largest absolute Gasteiger partial charge is 2.00 e. The molecule has 2 N–H and O–H groups in total. The van der Waals surface area contributed by atoms with Crippen molar-refractivity contribution in [1.82, 2.24) is 0 Å². The molecule has 0 amide bonds. The van der Waals surface area contributed by atoms with E-state index in [1.54, 1.807) is 12.1 Å². The molecule has 0 fully saturated rings. The smallest absolute Gasteiger partial charge is 0.507 e. The molecule has 0 aliphatic heterocycles. The van der Waals surface area contributed by atoms with Crippen molar-refractivity contribution in [2.24, 2.45) is 0 Å². The summed E-state index contributed by atoms with van der Waals surface area (Å²) < 4.78 is 0. The Morgan fingerprint density at radius 1 is 1.11 bits per heavy atom. The van der Waals surface area contributed by atoms with Crippen molar-refractivity contribution >= 4 is 5.97 Å². The van der Waals surface area contributed by atoms with Gasteiger partial charge < -0.3 is 24.1 Å². The molecule has 0 spiro atoms. The number of aromatic carboxylic acids is 1. The number of phenols is 1. The van der Waals surface area contributed by atoms with Gasteiger partial charge in [-0.1, -0.05) is 38.8 Å². The molecule has 19 heavy (non-hydrogen) atoms. The fourth-order valence-corrected chi connectivity index (χ4v) is 0.654. The SMILES string of the molecule is O=C(O)c1ccccc1O.[CH2-]CCC.[CH2-]CCC.[Zn+2]. The van der Waals surface area contributed by atoms with Crippen LogP contribution in [-0.4, -0.2) is 16.2 Å². The molecular weight excluding hydrogens is 294 g/mol. The van der Waals surface area contributed by atoms with Gasteiger partial charge in [-0.05, 0) is 12.1 Å². The summed E-state index contributed by atoms with van der Waals surface area (Å²) in [7, 11) is 0. The molecule has 0 unspecified atom stereocenters. The molecule has 1 aromatic rings. The summed E-state index contributed by atoms with van der Waals surface area (Å²) in [6, 6.07) is 5.81. The zero-order valence-corrected chi connectivity index (χ0v) is 15.0. The van der Waals surface area contributed by atoms with Crippen LogP contribution in [0.2, 0.25) is 0 Å². The van der Waals surface area contributed by atoms with Crippen LogP contribution < -0.4 is 0 Å². The van der Waals surface area contributed by atoms with E-state index in [-0.39, 0.29) is 30.8 Å². The fraction of sp³-hybridized carbons (Fsp3) is 0.400. The Labute approximate surface area is 129 Å². The number of unbranched alkanes of at least 4 members (excludes halogenated alkanes) is 2. The molecule has 0 aliphatic carbocycles. The van der Waals surface area contributed by atoms with Crippen molar-refractivity contribution in [3.63, 3.8) is 0 Å². The summed E-state index contributed by atoms with van der Waals surface area (Å²) in [5, 5.41) is 17.3. The van der Waals surface area contributed by atoms with Crippen LogP contribution in [0.15, 0.2) is 24.3 Å². The molecule has 0 radical (unpaired) electrons. The van der Waals surface area contributed by atoms with Gasteiger partial charge in [0.15, 0.2) is 0 Å². The minimum Gasteiger partial charge on any atom is -0.507 e. The molecule has 104 valence electrons. The van der Waals surface area contributed by atoms with Gasteiger partial charge in [0.1, 0.15) is 11.3 Å². The third-order valence-corrected chi connectivity index (χ3v) is 1.84. The van der Waals surface area contributed by atoms with E-state index in [0.717, 1.165) is 12.8 Å². The summed E-state index contributed by atoms with van der Waals surface area (Å²) in [5.74, 6) is -1.31. The molecule has 0 saturated heterocycles. The zero-order chi connectivity index (χ0) is 14.4. The van der Waals surface area contributed by atoms with Gasteiger partial charge in [-0.3, -0.25) is 0 Å². The van der Waals surface area contributed by atoms with E-state index in [1.165, 1.54) is 25.0 Å². The number of hydrogen-bond acceptors (Lipinski definition) is 2. The first-order valence-electron chi connectivity index (χ1n) is 6.14. The van der Waals surface area contributed by atoms with Crippen LogP contribution in [-0.2, 0) is 19.5 Å². The molecule has 1 aromatic carbocycles. The maximum absolute atomic E-state index is 10.3. The summed E-state index contributed by atoms with van der Waals surface area (Å²) in [5.41, 5.74) is -0.0671. The van der Waals surface area contributed by atoms with Gasteiger partial charge >= 0.3 is 25.4 Å². The first kappa shape index (κ1) is 23.2. The first-order chi connectivity index (χ1) is 8.54. The Morgan fingerprint density at radius 2 is 1.47 bits per heavy atom. The topological polar surface area (TPSA) is 57.5 Å². The van der Waals surface area contributed by atoms with Crippen LogP contribution in [0.5, 0.6) is 5.75 Å². The third-order valence-electron chi connectivity index (χ3n) is 1.84. The van der Waals surface area contributed by atoms with Crippen molar-refractivity contribution in [2.75, 3.05) is 0 Å². The van der Waals surface area contributed by atoms with Crippen molar-refractivity contribution in [3.05, 3.63) is 43.7 Å². The van der Waals surface area contributed by atoms with E-state index in [0.29, 0.717) is 0 Å². The average molecular weight is 318 g/mol. The van der Waals surface area contributed by atoms with Crippen LogP contribution in [0.3, 0.4) is 0 Å². The van der Waals surface area contributed by atoms with Gasteiger partial charge in [-0.25, -0.2) is 4.79 Å². The van der Waals surface area contributed by atoms with Gasteiger partial charge in [-0.2, -0.15) is 12.8 Å². The van der Waals surface area contributed by atoms with Crippen LogP contribution in [0.4, 0.5) is 0 Å². The van der Waals surface area contributed by atoms with Crippen LogP contribution >= 0.6 is 0 Å². The quantitative estimate of drug-likeness (QED) is 0.644. The number of para-hydroxylation sites is 1. The van der Waals surface area contributed by atoms with Crippen molar-refractivity contribution in [2.45, 2.75) is 39.5 Å². The number of rotatable bonds is 3. The summed E-state index contributed by atoms with van der Waals surface area (Å²) >= 11 is 0. The standard InChI is InChI=1S/C7H6O3.2C4H9.Zn/c8-6-4-2-1-3-5(6)7(9)10;2*1-3-4-2;/h1-4,8H,(H,9,10);2*1,3-4H2,2H3;/q;2*-1;+2. The molecule has 0 saturated carbocycles. The van der Waals surface area contributed by atoms with Gasteiger partial charge in [0.2, 0.25) is 0 Å². The number of hydrogen-bond donors (Lipinski definition) is 2. The summed E-state index contributed by atoms with van der Waals surface area (Å²) in [6.07, 6.45) is 4.56. The van der Waals surface area contributed by atoms with Crippen molar-refractivity contribution in [1.29, 1.82) is 0 Å². The molecule has 1 rings (SSSR count). The zero-order valence-electron chi connectivity index (χ0n) is 12.1. The molecular formula is C15H24O3Zn. The summed E-state index contributed by atoms with van der Waals surface area (Å²) in [4.78, 5) is 10.3. The van der Waals surface area contributed by atoms with Gasteiger partial charge in [0, 0.05) is 0 Å². The van der Waals surface area contributed by atoms with Crippen LogP contribution in [0.25, 0.3) is 0 Å². The Hall–Kier alpha value is -0.887. The van der Waals surface area contributed by atoms with Crippen molar-refractivity contribution in [3.8, 4) is 5.75 Å². The Balaban J connectivity index is -0.000000242. The Kier molecular flexibility index (Phi) is 20.9. The second kappa shape index (κ2) is 17.1. The Bertz CT molecular complexity index is 306. The van der Waals surface area contributed by atoms with E-state index in [4.69, 9.17) is 10.2 Å². The average Bonchev–Trinajstić information content (AvgIpc) is 2.39. The number of aromatic hydroxyl groups is 1. The third kappa shape index (κ3) is 15.1. The van der Waals surface area contributed by atoms with E-state index in [1.807, 2.05) is 0 Å². The van der Waals surface area contributed by atoms with Crippen LogP contribution in [0, 0.1) is 13.8 Å². The molecule has 4 heteroatoms. The van der Waals surface area contributed by atoms with Gasteiger partial charge in [-0.15, -0.1) is 0 Å². The maximum Gasteiger partial charge on any atom is 2.00 e. The molecule has 0 bridgehead atoms. The number of carboxylic acids is 1. The first-order valence-corrected chi connectivity index (χ1v) is 6.14. The predicted molar refractivity (Wildman–Crippen MR) is 75.6 cm³/mol. The minimum atomic E-state index is -1.11. The predicted octanol–water partition coefficient (Wildman–Crippen LogP) is 4.33. The summed E-state index contributed by atoms with van der Waals surface area (Å²) in [6.45, 7) is 11.4. The fourth-order valence-electron chi connectivity index (χ4n) is 0.654. The maximum atomic E-state index is 10.3. The number of carboxylic acid groups (broad SMARTS) is 1. The van der Waals surface area contributed by atoms with Gasteiger partial charge in [0.05, 0.1) is 0 Å². The molecule has 0 aliphatic rings. The molecule has 0 aromatic heterocycles. The van der Waals surface area contributed by atoms with E-state index in [9.17, 15) is 4.79 Å². The normalized spacial score (nSPS) is 8.00. The van der Waals surface area contributed by atoms with E-state index in [2.05, 4.69) is 27.7 Å². The van der Waals surface area contributed by atoms with E-state index < -0.39 is 5.97 Å². The van der Waals surface area contributed by atoms with E-state index >= 15 is 0 Å². The number of carbonyl (C=O) groups is 1. The second-order valence-corrected chi connectivity index (χ2v) is 3.53. The van der Waals surface area contributed by atoms with Gasteiger partial charge in [0.25, 0.3) is 0 Å². The minimum absolute atomic E-state index is 0. The molecule has 3 nitrogen and oxygen atoms in total. The molecule has 0 heterocycles. The number of benzene rings is 1. The Morgan fingerprint density at radius 3 is 1.68 bits per heavy atom. The second-order valence-electron chi connectivity index (χ2n) is 3.53.